The third-order valence-electron chi connectivity index (χ3n) is 5.38. The highest BCUT2D eigenvalue weighted by atomic mass is 16.6. The number of carbonyl (C=O) groups excluding carboxylic acids is 1. The molecule has 0 saturated carbocycles. The fourth-order valence-corrected chi connectivity index (χ4v) is 3.63. The Labute approximate surface area is 197 Å². The van der Waals surface area contributed by atoms with Crippen LogP contribution in [0.25, 0.3) is 10.9 Å². The molecule has 35 heavy (non-hydrogen) atoms. The van der Waals surface area contributed by atoms with Crippen molar-refractivity contribution in [1.29, 1.82) is 0 Å². The highest BCUT2D eigenvalue weighted by Gasteiger charge is 2.21. The van der Waals surface area contributed by atoms with E-state index in [1.165, 1.54) is 36.1 Å². The van der Waals surface area contributed by atoms with Crippen LogP contribution in [-0.4, -0.2) is 39.1 Å². The minimum absolute atomic E-state index is 0.0104. The zero-order chi connectivity index (χ0) is 24.9. The van der Waals surface area contributed by atoms with Crippen LogP contribution in [0.15, 0.2) is 64.3 Å². The molecule has 0 aliphatic carbocycles. The topological polar surface area (TPSA) is 164 Å². The molecule has 12 heteroatoms. The molecule has 0 fully saturated rings. The van der Waals surface area contributed by atoms with Gasteiger partial charge >= 0.3 is 5.69 Å². The quantitative estimate of drug-likeness (QED) is 0.212. The monoisotopic (exact) mass is 478 g/mol. The number of carbonyl (C=O) groups is 1. The van der Waals surface area contributed by atoms with Gasteiger partial charge in [-0.05, 0) is 11.6 Å². The molecule has 0 atom stereocenters. The maximum atomic E-state index is 13.3. The van der Waals surface area contributed by atoms with Gasteiger partial charge in [0.15, 0.2) is 0 Å². The first kappa shape index (κ1) is 23.4. The smallest absolute Gasteiger partial charge is 0.330 e. The summed E-state index contributed by atoms with van der Waals surface area (Å²) in [5, 5.41) is 17.2. The van der Waals surface area contributed by atoms with E-state index in [2.05, 4.69) is 20.6 Å². The molecule has 2 aromatic carbocycles. The Hall–Kier alpha value is -4.71. The van der Waals surface area contributed by atoms with Crippen LogP contribution in [0.5, 0.6) is 0 Å². The average molecular weight is 478 g/mol. The lowest BCUT2D eigenvalue weighted by Crippen LogP contribution is -2.36. The van der Waals surface area contributed by atoms with Crippen molar-refractivity contribution in [2.75, 3.05) is 24.4 Å². The summed E-state index contributed by atoms with van der Waals surface area (Å²) >= 11 is 0. The molecule has 180 valence electrons. The van der Waals surface area contributed by atoms with Crippen LogP contribution in [0.2, 0.25) is 0 Å². The molecule has 2 aromatic heterocycles. The van der Waals surface area contributed by atoms with E-state index < -0.39 is 22.1 Å². The van der Waals surface area contributed by atoms with Crippen LogP contribution in [0.3, 0.4) is 0 Å². The lowest BCUT2D eigenvalue weighted by molar-refractivity contribution is -0.384. The lowest BCUT2D eigenvalue weighted by Gasteiger charge is -2.17. The van der Waals surface area contributed by atoms with Crippen LogP contribution in [0.4, 0.5) is 17.2 Å². The summed E-state index contributed by atoms with van der Waals surface area (Å²) in [5.74, 6) is -0.702. The van der Waals surface area contributed by atoms with E-state index in [4.69, 9.17) is 4.74 Å². The second-order valence-corrected chi connectivity index (χ2v) is 7.61. The minimum Gasteiger partial charge on any atom is -0.383 e. The summed E-state index contributed by atoms with van der Waals surface area (Å²) in [6.07, 6.45) is 1.41. The number of H-pyrrole nitrogens is 2. The number of benzene rings is 2. The third kappa shape index (κ3) is 4.96. The van der Waals surface area contributed by atoms with Gasteiger partial charge in [0.05, 0.1) is 23.6 Å². The number of amides is 1. The van der Waals surface area contributed by atoms with E-state index in [9.17, 15) is 24.5 Å². The number of nitro benzene ring substituents is 1. The highest BCUT2D eigenvalue weighted by molar-refractivity contribution is 6.13. The largest absolute Gasteiger partial charge is 0.383 e. The Morgan fingerprint density at radius 3 is 2.66 bits per heavy atom. The molecule has 12 nitrogen and oxygen atoms in total. The molecule has 0 aliphatic heterocycles. The van der Waals surface area contributed by atoms with Crippen molar-refractivity contribution in [3.05, 3.63) is 96.8 Å². The number of nitrogens with zero attached hydrogens (tertiary/aromatic N) is 2. The molecule has 1 amide bonds. The van der Waals surface area contributed by atoms with E-state index in [1.54, 1.807) is 0 Å². The molecule has 0 spiro atoms. The van der Waals surface area contributed by atoms with Gasteiger partial charge in [-0.25, -0.2) is 4.79 Å². The summed E-state index contributed by atoms with van der Waals surface area (Å²) in [7, 11) is 1.46. The lowest BCUT2D eigenvalue weighted by atomic mass is 10.1. The first-order chi connectivity index (χ1) is 16.9. The standard InChI is InChI=1S/C23H22N6O6/c1-35-10-9-28-20(19(22(31)27-23(28)32)25-12-14-5-3-2-4-6-14)26-21(30)17-13-24-18-8-7-15(29(33)34)11-16(17)18/h2-8,11,13,24-25H,9-10,12H2,1H3,(H,26,30)(H,27,31,32). The second kappa shape index (κ2) is 10.1. The molecule has 0 radical (unpaired) electrons. The first-order valence-corrected chi connectivity index (χ1v) is 10.6. The Kier molecular flexibility index (Phi) is 6.73. The fraction of sp³-hybridized carbons (Fsp3) is 0.174. The number of rotatable bonds is 9. The maximum Gasteiger partial charge on any atom is 0.330 e. The molecular formula is C23H22N6O6. The summed E-state index contributed by atoms with van der Waals surface area (Å²) < 4.78 is 6.26. The van der Waals surface area contributed by atoms with E-state index in [1.807, 2.05) is 30.3 Å². The molecular weight excluding hydrogens is 456 g/mol. The van der Waals surface area contributed by atoms with Gasteiger partial charge in [0.2, 0.25) is 0 Å². The van der Waals surface area contributed by atoms with Crippen molar-refractivity contribution >= 4 is 34.0 Å². The number of nitro groups is 1. The van der Waals surface area contributed by atoms with Gasteiger partial charge < -0.3 is 20.4 Å². The Balaban J connectivity index is 1.75. The Morgan fingerprint density at radius 1 is 1.17 bits per heavy atom. The van der Waals surface area contributed by atoms with Crippen molar-refractivity contribution in [2.24, 2.45) is 0 Å². The van der Waals surface area contributed by atoms with Crippen molar-refractivity contribution in [1.82, 2.24) is 14.5 Å². The van der Waals surface area contributed by atoms with E-state index in [0.29, 0.717) is 10.9 Å². The first-order valence-electron chi connectivity index (χ1n) is 10.6. The van der Waals surface area contributed by atoms with Crippen molar-refractivity contribution < 1.29 is 14.5 Å². The molecule has 0 aliphatic rings. The third-order valence-corrected chi connectivity index (χ3v) is 5.38. The molecule has 4 aromatic rings. The van der Waals surface area contributed by atoms with Crippen molar-refractivity contribution in [2.45, 2.75) is 13.1 Å². The number of non-ortho nitro benzene ring substituents is 1. The molecule has 0 unspecified atom stereocenters. The maximum absolute atomic E-state index is 13.3. The molecule has 0 saturated heterocycles. The van der Waals surface area contributed by atoms with Crippen LogP contribution in [-0.2, 0) is 17.8 Å². The van der Waals surface area contributed by atoms with Gasteiger partial charge in [0.25, 0.3) is 17.2 Å². The molecule has 4 N–H and O–H groups in total. The fourth-order valence-electron chi connectivity index (χ4n) is 3.63. The number of hydrogen-bond acceptors (Lipinski definition) is 7. The number of methoxy groups -OCH3 is 1. The van der Waals surface area contributed by atoms with E-state index >= 15 is 0 Å². The van der Waals surface area contributed by atoms with E-state index in [-0.39, 0.29) is 42.5 Å². The summed E-state index contributed by atoms with van der Waals surface area (Å²) in [4.78, 5) is 54.3. The number of hydrogen-bond donors (Lipinski definition) is 4. The minimum atomic E-state index is -0.720. The second-order valence-electron chi connectivity index (χ2n) is 7.61. The number of ether oxygens (including phenoxy) is 1. The van der Waals surface area contributed by atoms with Gasteiger partial charge in [0.1, 0.15) is 11.5 Å². The molecule has 2 heterocycles. The zero-order valence-electron chi connectivity index (χ0n) is 18.7. The zero-order valence-corrected chi connectivity index (χ0v) is 18.7. The average Bonchev–Trinajstić information content (AvgIpc) is 3.27. The number of aromatic amines is 2. The number of fused-ring (bicyclic) bond motifs is 1. The Morgan fingerprint density at radius 2 is 1.94 bits per heavy atom. The normalized spacial score (nSPS) is 10.9. The number of nitrogens with one attached hydrogen (secondary N) is 4. The summed E-state index contributed by atoms with van der Waals surface area (Å²) in [5.41, 5.74) is -0.0998. The Bertz CT molecular complexity index is 1500. The van der Waals surface area contributed by atoms with Gasteiger partial charge in [-0.15, -0.1) is 0 Å². The van der Waals surface area contributed by atoms with Gasteiger partial charge in [-0.3, -0.25) is 29.3 Å². The van der Waals surface area contributed by atoms with Crippen LogP contribution < -0.4 is 21.9 Å². The SMILES string of the molecule is COCCn1c(NC(=O)c2c[nH]c3ccc([N+](=O)[O-])cc23)c(NCc2ccccc2)c(=O)[nH]c1=O. The predicted molar refractivity (Wildman–Crippen MR) is 130 cm³/mol. The summed E-state index contributed by atoms with van der Waals surface area (Å²) in [6, 6.07) is 13.4. The molecule has 0 bridgehead atoms. The van der Waals surface area contributed by atoms with Crippen LogP contribution in [0, 0.1) is 10.1 Å². The van der Waals surface area contributed by atoms with Crippen molar-refractivity contribution in [3.8, 4) is 0 Å². The highest BCUT2D eigenvalue weighted by Crippen LogP contribution is 2.25. The number of aromatic nitrogens is 3. The summed E-state index contributed by atoms with van der Waals surface area (Å²) in [6.45, 7) is 0.460. The van der Waals surface area contributed by atoms with E-state index in [0.717, 1.165) is 5.56 Å². The van der Waals surface area contributed by atoms with Crippen LogP contribution >= 0.6 is 0 Å². The predicted octanol–water partition coefficient (Wildman–Crippen LogP) is 2.44. The van der Waals surface area contributed by atoms with Gasteiger partial charge in [-0.1, -0.05) is 30.3 Å². The van der Waals surface area contributed by atoms with Crippen molar-refractivity contribution in [3.63, 3.8) is 0 Å². The van der Waals surface area contributed by atoms with Crippen LogP contribution in [0.1, 0.15) is 15.9 Å². The molecule has 4 rings (SSSR count). The van der Waals surface area contributed by atoms with Gasteiger partial charge in [0, 0.05) is 42.9 Å². The van der Waals surface area contributed by atoms with Gasteiger partial charge in [-0.2, -0.15) is 0 Å². The number of anilines is 2.